The first-order valence-electron chi connectivity index (χ1n) is 14.2. The van der Waals surface area contributed by atoms with E-state index >= 15 is 0 Å². The van der Waals surface area contributed by atoms with E-state index in [1.165, 1.54) is 17.3 Å². The molecule has 4 aromatic rings. The Labute approximate surface area is 261 Å². The second-order valence-corrected chi connectivity index (χ2v) is 11.6. The molecule has 0 amide bonds. The summed E-state index contributed by atoms with van der Waals surface area (Å²) in [5.74, 6) is 1.90. The van der Waals surface area contributed by atoms with Crippen molar-refractivity contribution in [2.45, 2.75) is 57.2 Å². The summed E-state index contributed by atoms with van der Waals surface area (Å²) < 4.78 is 19.3. The van der Waals surface area contributed by atoms with E-state index in [0.29, 0.717) is 57.9 Å². The minimum atomic E-state index is -0.590. The van der Waals surface area contributed by atoms with Crippen LogP contribution in [0.2, 0.25) is 5.02 Å². The first-order chi connectivity index (χ1) is 20.9. The summed E-state index contributed by atoms with van der Waals surface area (Å²) in [6.45, 7) is 6.71. The van der Waals surface area contributed by atoms with Crippen molar-refractivity contribution in [2.75, 3.05) is 19.0 Å². The van der Waals surface area contributed by atoms with Crippen molar-refractivity contribution < 1.29 is 19.0 Å². The molecule has 1 atom stereocenters. The number of benzene rings is 3. The Hall–Kier alpha value is -3.95. The highest BCUT2D eigenvalue weighted by molar-refractivity contribution is 7.98. The van der Waals surface area contributed by atoms with Crippen molar-refractivity contribution in [3.63, 3.8) is 0 Å². The Morgan fingerprint density at radius 3 is 2.67 bits per heavy atom. The number of methoxy groups -OCH3 is 1. The van der Waals surface area contributed by atoms with Crippen LogP contribution in [0.3, 0.4) is 0 Å². The van der Waals surface area contributed by atoms with E-state index in [1.807, 2.05) is 61.5 Å². The number of carbonyl (C=O) groups is 1. The number of hydrogen-bond acceptors (Lipinski definition) is 8. The van der Waals surface area contributed by atoms with E-state index in [9.17, 15) is 4.79 Å². The number of esters is 1. The van der Waals surface area contributed by atoms with Crippen molar-refractivity contribution in [3.8, 4) is 11.5 Å². The number of nitrogens with zero attached hydrogens (tertiary/aromatic N) is 3. The Bertz CT molecular complexity index is 1640. The van der Waals surface area contributed by atoms with Crippen molar-refractivity contribution in [1.29, 1.82) is 0 Å². The van der Waals surface area contributed by atoms with Gasteiger partial charge >= 0.3 is 5.97 Å². The zero-order chi connectivity index (χ0) is 30.3. The summed E-state index contributed by atoms with van der Waals surface area (Å²) in [7, 11) is 1.60. The van der Waals surface area contributed by atoms with Gasteiger partial charge in [0.25, 0.3) is 0 Å². The molecule has 0 spiro atoms. The van der Waals surface area contributed by atoms with Gasteiger partial charge in [-0.15, -0.1) is 5.10 Å². The summed E-state index contributed by atoms with van der Waals surface area (Å²) in [6.07, 6.45) is 1.71. The summed E-state index contributed by atoms with van der Waals surface area (Å²) >= 11 is 7.85. The van der Waals surface area contributed by atoms with E-state index in [4.69, 9.17) is 35.9 Å². The van der Waals surface area contributed by atoms with Gasteiger partial charge in [-0.1, -0.05) is 90.8 Å². The fraction of sp³-hybridized carbons (Fsp3) is 0.303. The minimum Gasteiger partial charge on any atom is -0.493 e. The van der Waals surface area contributed by atoms with Gasteiger partial charge in [0.1, 0.15) is 12.6 Å². The van der Waals surface area contributed by atoms with Crippen LogP contribution < -0.4 is 14.8 Å². The number of thioether (sulfide) groups is 1. The van der Waals surface area contributed by atoms with Gasteiger partial charge in [-0.2, -0.15) is 4.98 Å². The number of allylic oxidation sites excluding steroid dienone is 1. The molecule has 0 radical (unpaired) electrons. The van der Waals surface area contributed by atoms with Crippen LogP contribution in [0.1, 0.15) is 55.0 Å². The van der Waals surface area contributed by atoms with Crippen LogP contribution in [0, 0.1) is 6.92 Å². The first kappa shape index (κ1) is 30.5. The van der Waals surface area contributed by atoms with Gasteiger partial charge in [0.15, 0.2) is 11.5 Å². The number of aryl methyl sites for hydroxylation is 1. The van der Waals surface area contributed by atoms with Crippen LogP contribution in [0.15, 0.2) is 83.2 Å². The number of anilines is 1. The van der Waals surface area contributed by atoms with Crippen molar-refractivity contribution in [2.24, 2.45) is 0 Å². The lowest BCUT2D eigenvalue weighted by Crippen LogP contribution is -2.29. The highest BCUT2D eigenvalue weighted by atomic mass is 35.5. The van der Waals surface area contributed by atoms with E-state index in [0.717, 1.165) is 29.5 Å². The van der Waals surface area contributed by atoms with Gasteiger partial charge in [0.2, 0.25) is 11.1 Å². The van der Waals surface area contributed by atoms with Crippen LogP contribution >= 0.6 is 23.4 Å². The first-order valence-corrected chi connectivity index (χ1v) is 15.6. The smallest absolute Gasteiger partial charge is 0.338 e. The number of ether oxygens (including phenoxy) is 3. The van der Waals surface area contributed by atoms with E-state index in [2.05, 4.69) is 31.3 Å². The third-order valence-electron chi connectivity index (χ3n) is 7.08. The maximum Gasteiger partial charge on any atom is 0.338 e. The molecule has 1 aliphatic heterocycles. The molecule has 0 bridgehead atoms. The molecule has 0 aliphatic carbocycles. The molecule has 1 unspecified atom stereocenters. The lowest BCUT2D eigenvalue weighted by atomic mass is 9.95. The van der Waals surface area contributed by atoms with Crippen molar-refractivity contribution in [3.05, 3.63) is 105 Å². The lowest BCUT2D eigenvalue weighted by molar-refractivity contribution is -0.139. The number of unbranched alkanes of at least 4 members (excludes halogenated alkanes) is 1. The summed E-state index contributed by atoms with van der Waals surface area (Å²) in [4.78, 5) is 18.2. The van der Waals surface area contributed by atoms with Crippen molar-refractivity contribution >= 4 is 35.3 Å². The molecule has 10 heteroatoms. The average molecular weight is 619 g/mol. The SMILES string of the molecule is CCCCOC(=O)C1=C(C)Nc2nc(SCc3ccccc3Cl)nn2C1c1ccc(OCc2cccc(C)c2)c(OC)c1. The maximum absolute atomic E-state index is 13.5. The van der Waals surface area contributed by atoms with Crippen LogP contribution in [-0.4, -0.2) is 34.5 Å². The van der Waals surface area contributed by atoms with E-state index < -0.39 is 12.0 Å². The topological polar surface area (TPSA) is 87.5 Å². The van der Waals surface area contributed by atoms with Gasteiger partial charge in [0.05, 0.1) is 19.3 Å². The number of aromatic nitrogens is 3. The van der Waals surface area contributed by atoms with Gasteiger partial charge < -0.3 is 19.5 Å². The molecule has 1 aliphatic rings. The number of carbonyl (C=O) groups excluding carboxylic acids is 1. The summed E-state index contributed by atoms with van der Waals surface area (Å²) in [5.41, 5.74) is 5.14. The quantitative estimate of drug-likeness (QED) is 0.0979. The van der Waals surface area contributed by atoms with Crippen LogP contribution in [0.5, 0.6) is 11.5 Å². The Morgan fingerprint density at radius 1 is 1.07 bits per heavy atom. The monoisotopic (exact) mass is 618 g/mol. The Morgan fingerprint density at radius 2 is 1.91 bits per heavy atom. The molecule has 0 fully saturated rings. The molecule has 3 aromatic carbocycles. The van der Waals surface area contributed by atoms with Crippen molar-refractivity contribution in [1.82, 2.24) is 14.8 Å². The number of halogens is 1. The largest absolute Gasteiger partial charge is 0.493 e. The number of hydrogen-bond donors (Lipinski definition) is 1. The van der Waals surface area contributed by atoms with Gasteiger partial charge in [-0.3, -0.25) is 0 Å². The van der Waals surface area contributed by atoms with Crippen LogP contribution in [-0.2, 0) is 21.9 Å². The minimum absolute atomic E-state index is 0.344. The number of rotatable bonds is 12. The van der Waals surface area contributed by atoms with Gasteiger partial charge in [0, 0.05) is 16.5 Å². The molecule has 0 saturated carbocycles. The fourth-order valence-electron chi connectivity index (χ4n) is 4.85. The van der Waals surface area contributed by atoms with Gasteiger partial charge in [-0.25, -0.2) is 9.48 Å². The highest BCUT2D eigenvalue weighted by Crippen LogP contribution is 2.40. The third kappa shape index (κ3) is 7.17. The van der Waals surface area contributed by atoms with Crippen LogP contribution in [0.4, 0.5) is 5.95 Å². The van der Waals surface area contributed by atoms with Crippen LogP contribution in [0.25, 0.3) is 0 Å². The molecule has 0 saturated heterocycles. The molecular weight excluding hydrogens is 584 g/mol. The molecule has 224 valence electrons. The highest BCUT2D eigenvalue weighted by Gasteiger charge is 2.36. The van der Waals surface area contributed by atoms with E-state index in [-0.39, 0.29) is 0 Å². The lowest BCUT2D eigenvalue weighted by Gasteiger charge is -2.28. The second kappa shape index (κ2) is 14.0. The molecular formula is C33H35ClN4O4S. The summed E-state index contributed by atoms with van der Waals surface area (Å²) in [5, 5.41) is 9.35. The molecule has 43 heavy (non-hydrogen) atoms. The molecule has 8 nitrogen and oxygen atoms in total. The zero-order valence-corrected chi connectivity index (χ0v) is 26.3. The second-order valence-electron chi connectivity index (χ2n) is 10.3. The number of nitrogens with one attached hydrogen (secondary N) is 1. The summed E-state index contributed by atoms with van der Waals surface area (Å²) in [6, 6.07) is 21.0. The predicted molar refractivity (Wildman–Crippen MR) is 170 cm³/mol. The van der Waals surface area contributed by atoms with Gasteiger partial charge in [-0.05, 0) is 55.2 Å². The maximum atomic E-state index is 13.5. The predicted octanol–water partition coefficient (Wildman–Crippen LogP) is 7.75. The standard InChI is InChI=1S/C33H35ClN4O4S/c1-5-6-16-41-31(39)29-22(3)35-32-36-33(43-20-25-12-7-8-13-26(25)34)37-38(32)30(29)24-14-15-27(28(18-24)40-4)42-19-23-11-9-10-21(2)17-23/h7-15,17-18,30H,5-6,16,19-20H2,1-4H3,(H,35,36,37). The third-order valence-corrected chi connectivity index (χ3v) is 8.33. The van der Waals surface area contributed by atoms with E-state index in [1.54, 1.807) is 11.8 Å². The zero-order valence-electron chi connectivity index (χ0n) is 24.7. The fourth-order valence-corrected chi connectivity index (χ4v) is 5.96. The number of fused-ring (bicyclic) bond motifs is 1. The molecule has 2 heterocycles. The normalized spacial score (nSPS) is 14.2. The molecule has 1 aromatic heterocycles. The Kier molecular flexibility index (Phi) is 9.94. The molecule has 1 N–H and O–H groups in total. The average Bonchev–Trinajstić information content (AvgIpc) is 3.41. The Balaban J connectivity index is 1.47. The molecule has 5 rings (SSSR count).